The maximum Gasteiger partial charge on any atom is 0.255 e. The standard InChI is InChI=1S/C26H27N3O4S/c1-19-11-13-20(14-12-19)25(30)27-22-8-6-9-23(18-22)28-26(31)21-7-5-10-24(17-21)34(32,33)29-15-3-2-4-16-29/h5-14,17-18H,2-4,15-16H2,1H3,(H,27,30)(H,28,31). The van der Waals surface area contributed by atoms with Crippen molar-refractivity contribution in [2.75, 3.05) is 23.7 Å². The molecule has 1 heterocycles. The summed E-state index contributed by atoms with van der Waals surface area (Å²) in [6.07, 6.45) is 2.71. The van der Waals surface area contributed by atoms with E-state index < -0.39 is 15.9 Å². The number of hydrogen-bond acceptors (Lipinski definition) is 4. The van der Waals surface area contributed by atoms with Crippen LogP contribution in [-0.2, 0) is 10.0 Å². The van der Waals surface area contributed by atoms with Gasteiger partial charge >= 0.3 is 0 Å². The Balaban J connectivity index is 1.46. The SMILES string of the molecule is Cc1ccc(C(=O)Nc2cccc(NC(=O)c3cccc(S(=O)(=O)N4CCCCC4)c3)c2)cc1. The molecule has 1 saturated heterocycles. The first kappa shape index (κ1) is 23.7. The first-order valence-electron chi connectivity index (χ1n) is 11.2. The van der Waals surface area contributed by atoms with Crippen LogP contribution in [0, 0.1) is 6.92 Å². The lowest BCUT2D eigenvalue weighted by molar-refractivity contribution is 0.101. The maximum atomic E-state index is 13.0. The first-order chi connectivity index (χ1) is 16.3. The average molecular weight is 478 g/mol. The van der Waals surface area contributed by atoms with Crippen LogP contribution < -0.4 is 10.6 Å². The van der Waals surface area contributed by atoms with E-state index in [0.29, 0.717) is 30.0 Å². The number of carbonyl (C=O) groups excluding carboxylic acids is 2. The molecule has 0 aliphatic carbocycles. The van der Waals surface area contributed by atoms with E-state index in [1.165, 1.54) is 16.4 Å². The van der Waals surface area contributed by atoms with E-state index >= 15 is 0 Å². The lowest BCUT2D eigenvalue weighted by atomic mass is 10.1. The van der Waals surface area contributed by atoms with Crippen LogP contribution in [0.2, 0.25) is 0 Å². The van der Waals surface area contributed by atoms with E-state index in [9.17, 15) is 18.0 Å². The summed E-state index contributed by atoms with van der Waals surface area (Å²) in [6, 6.07) is 20.1. The molecule has 3 aromatic rings. The van der Waals surface area contributed by atoms with Crippen molar-refractivity contribution in [3.63, 3.8) is 0 Å². The lowest BCUT2D eigenvalue weighted by Gasteiger charge is -2.26. The number of carbonyl (C=O) groups is 2. The Morgan fingerprint density at radius 3 is 1.97 bits per heavy atom. The predicted octanol–water partition coefficient (Wildman–Crippen LogP) is 4.67. The molecule has 176 valence electrons. The number of piperidine rings is 1. The minimum atomic E-state index is -3.63. The number of benzene rings is 3. The highest BCUT2D eigenvalue weighted by atomic mass is 32.2. The van der Waals surface area contributed by atoms with E-state index in [1.807, 2.05) is 19.1 Å². The molecule has 1 aliphatic heterocycles. The second-order valence-corrected chi connectivity index (χ2v) is 10.3. The minimum absolute atomic E-state index is 0.112. The second-order valence-electron chi connectivity index (χ2n) is 8.35. The molecule has 0 unspecified atom stereocenters. The van der Waals surface area contributed by atoms with Gasteiger partial charge in [0.2, 0.25) is 10.0 Å². The number of nitrogens with zero attached hydrogens (tertiary/aromatic N) is 1. The quantitative estimate of drug-likeness (QED) is 0.539. The fourth-order valence-corrected chi connectivity index (χ4v) is 5.40. The average Bonchev–Trinajstić information content (AvgIpc) is 2.85. The van der Waals surface area contributed by atoms with E-state index in [-0.39, 0.29) is 16.4 Å². The van der Waals surface area contributed by atoms with Crippen molar-refractivity contribution >= 4 is 33.2 Å². The molecule has 0 spiro atoms. The zero-order chi connectivity index (χ0) is 24.1. The van der Waals surface area contributed by atoms with Gasteiger partial charge in [-0.3, -0.25) is 9.59 Å². The molecule has 0 bridgehead atoms. The smallest absolute Gasteiger partial charge is 0.255 e. The van der Waals surface area contributed by atoms with Crippen LogP contribution in [0.25, 0.3) is 0 Å². The molecule has 1 aliphatic rings. The monoisotopic (exact) mass is 477 g/mol. The summed E-state index contributed by atoms with van der Waals surface area (Å²) in [5, 5.41) is 5.60. The van der Waals surface area contributed by atoms with Gasteiger partial charge in [-0.2, -0.15) is 4.31 Å². The summed E-state index contributed by atoms with van der Waals surface area (Å²) in [4.78, 5) is 25.4. The van der Waals surface area contributed by atoms with Crippen molar-refractivity contribution < 1.29 is 18.0 Å². The van der Waals surface area contributed by atoms with Crippen molar-refractivity contribution in [1.82, 2.24) is 4.31 Å². The summed E-state index contributed by atoms with van der Waals surface area (Å²) >= 11 is 0. The van der Waals surface area contributed by atoms with Gasteiger partial charge in [0.25, 0.3) is 11.8 Å². The zero-order valence-corrected chi connectivity index (χ0v) is 19.8. The Hall–Kier alpha value is -3.49. The first-order valence-corrected chi connectivity index (χ1v) is 12.7. The summed E-state index contributed by atoms with van der Waals surface area (Å²) in [5.74, 6) is -0.684. The molecule has 0 aromatic heterocycles. The van der Waals surface area contributed by atoms with E-state index in [2.05, 4.69) is 10.6 Å². The minimum Gasteiger partial charge on any atom is -0.322 e. The van der Waals surface area contributed by atoms with Crippen LogP contribution in [0.1, 0.15) is 45.5 Å². The zero-order valence-electron chi connectivity index (χ0n) is 19.0. The van der Waals surface area contributed by atoms with E-state index in [1.54, 1.807) is 48.5 Å². The second kappa shape index (κ2) is 10.2. The van der Waals surface area contributed by atoms with Crippen molar-refractivity contribution in [3.05, 3.63) is 89.5 Å². The highest BCUT2D eigenvalue weighted by molar-refractivity contribution is 7.89. The summed E-state index contributed by atoms with van der Waals surface area (Å²) in [7, 11) is -3.63. The van der Waals surface area contributed by atoms with Gasteiger partial charge in [-0.1, -0.05) is 36.2 Å². The van der Waals surface area contributed by atoms with E-state index in [0.717, 1.165) is 24.8 Å². The summed E-state index contributed by atoms with van der Waals surface area (Å²) in [5.41, 5.74) is 2.86. The largest absolute Gasteiger partial charge is 0.322 e. The van der Waals surface area contributed by atoms with Crippen molar-refractivity contribution in [2.24, 2.45) is 0 Å². The Labute approximate surface area is 199 Å². The van der Waals surface area contributed by atoms with Crippen LogP contribution in [0.4, 0.5) is 11.4 Å². The van der Waals surface area contributed by atoms with Crippen LogP contribution >= 0.6 is 0 Å². The van der Waals surface area contributed by atoms with Gasteiger partial charge in [0, 0.05) is 35.6 Å². The molecule has 2 N–H and O–H groups in total. The third-order valence-electron chi connectivity index (χ3n) is 5.74. The molecular formula is C26H27N3O4S. The van der Waals surface area contributed by atoms with Crippen LogP contribution in [0.3, 0.4) is 0 Å². The van der Waals surface area contributed by atoms with Gasteiger partial charge in [-0.05, 0) is 68.3 Å². The molecule has 0 atom stereocenters. The number of sulfonamides is 1. The Bertz CT molecular complexity index is 1300. The Kier molecular flexibility index (Phi) is 7.09. The third kappa shape index (κ3) is 5.52. The number of rotatable bonds is 6. The lowest BCUT2D eigenvalue weighted by Crippen LogP contribution is -2.35. The topological polar surface area (TPSA) is 95.6 Å². The van der Waals surface area contributed by atoms with Crippen molar-refractivity contribution in [2.45, 2.75) is 31.1 Å². The summed E-state index contributed by atoms with van der Waals surface area (Å²) in [6.45, 7) is 2.95. The van der Waals surface area contributed by atoms with Crippen LogP contribution in [0.15, 0.2) is 77.7 Å². The molecule has 3 aromatic carbocycles. The molecule has 0 radical (unpaired) electrons. The molecule has 34 heavy (non-hydrogen) atoms. The molecule has 7 nitrogen and oxygen atoms in total. The van der Waals surface area contributed by atoms with Gasteiger partial charge in [0.1, 0.15) is 0 Å². The Morgan fingerprint density at radius 2 is 1.32 bits per heavy atom. The van der Waals surface area contributed by atoms with Gasteiger partial charge < -0.3 is 10.6 Å². The van der Waals surface area contributed by atoms with Gasteiger partial charge in [-0.15, -0.1) is 0 Å². The molecule has 2 amide bonds. The van der Waals surface area contributed by atoms with Crippen molar-refractivity contribution in [1.29, 1.82) is 0 Å². The normalized spacial score (nSPS) is 14.4. The predicted molar refractivity (Wildman–Crippen MR) is 133 cm³/mol. The van der Waals surface area contributed by atoms with Crippen LogP contribution in [0.5, 0.6) is 0 Å². The molecular weight excluding hydrogens is 450 g/mol. The van der Waals surface area contributed by atoms with E-state index in [4.69, 9.17) is 0 Å². The molecule has 8 heteroatoms. The third-order valence-corrected chi connectivity index (χ3v) is 7.64. The van der Waals surface area contributed by atoms with Gasteiger partial charge in [0.15, 0.2) is 0 Å². The highest BCUT2D eigenvalue weighted by Gasteiger charge is 2.26. The number of anilines is 2. The van der Waals surface area contributed by atoms with Crippen molar-refractivity contribution in [3.8, 4) is 0 Å². The number of hydrogen-bond donors (Lipinski definition) is 2. The maximum absolute atomic E-state index is 13.0. The molecule has 1 fully saturated rings. The Morgan fingerprint density at radius 1 is 0.735 bits per heavy atom. The fraction of sp³-hybridized carbons (Fsp3) is 0.231. The summed E-state index contributed by atoms with van der Waals surface area (Å²) < 4.78 is 27.4. The molecule has 0 saturated carbocycles. The number of amides is 2. The highest BCUT2D eigenvalue weighted by Crippen LogP contribution is 2.22. The van der Waals surface area contributed by atoms with Gasteiger partial charge in [-0.25, -0.2) is 8.42 Å². The van der Waals surface area contributed by atoms with Gasteiger partial charge in [0.05, 0.1) is 4.90 Å². The number of aryl methyl sites for hydroxylation is 1. The van der Waals surface area contributed by atoms with Crippen LogP contribution in [-0.4, -0.2) is 37.6 Å². The fourth-order valence-electron chi connectivity index (χ4n) is 3.84. The number of nitrogens with one attached hydrogen (secondary N) is 2. The molecule has 4 rings (SSSR count).